The number of hydrogen-bond acceptors (Lipinski definition) is 4. The van der Waals surface area contributed by atoms with Crippen LogP contribution >= 0.6 is 0 Å². The molecule has 5 nitrogen and oxygen atoms in total. The third-order valence-corrected chi connectivity index (χ3v) is 5.36. The molecule has 0 amide bonds. The minimum atomic E-state index is -3.54. The predicted molar refractivity (Wildman–Crippen MR) is 75.9 cm³/mol. The van der Waals surface area contributed by atoms with Gasteiger partial charge in [-0.25, -0.2) is 13.1 Å². The molecule has 0 radical (unpaired) electrons. The summed E-state index contributed by atoms with van der Waals surface area (Å²) < 4.78 is 32.6. The summed E-state index contributed by atoms with van der Waals surface area (Å²) in [5.41, 5.74) is 1.51. The summed E-state index contributed by atoms with van der Waals surface area (Å²) >= 11 is 0. The lowest BCUT2D eigenvalue weighted by Crippen LogP contribution is -2.33. The van der Waals surface area contributed by atoms with Crippen LogP contribution in [0.1, 0.15) is 30.4 Å². The Kier molecular flexibility index (Phi) is 4.80. The summed E-state index contributed by atoms with van der Waals surface area (Å²) in [6, 6.07) is 4.73. The van der Waals surface area contributed by atoms with Crippen molar-refractivity contribution < 1.29 is 18.3 Å². The molecule has 1 aromatic rings. The Labute approximate surface area is 120 Å². The van der Waals surface area contributed by atoms with Crippen molar-refractivity contribution in [3.8, 4) is 0 Å². The van der Waals surface area contributed by atoms with E-state index in [0.717, 1.165) is 18.4 Å². The van der Waals surface area contributed by atoms with Crippen molar-refractivity contribution in [2.45, 2.75) is 49.8 Å². The highest BCUT2D eigenvalue weighted by molar-refractivity contribution is 7.89. The van der Waals surface area contributed by atoms with Crippen LogP contribution in [-0.2, 0) is 21.4 Å². The second-order valence-electron chi connectivity index (χ2n) is 5.24. The quantitative estimate of drug-likeness (QED) is 0.860. The van der Waals surface area contributed by atoms with Gasteiger partial charge in [-0.2, -0.15) is 0 Å². The molecule has 2 atom stereocenters. The molecule has 2 unspecified atom stereocenters. The molecule has 1 saturated carbocycles. The van der Waals surface area contributed by atoms with Crippen LogP contribution in [0.2, 0.25) is 0 Å². The molecule has 0 bridgehead atoms. The molecule has 6 heteroatoms. The molecule has 0 heterocycles. The van der Waals surface area contributed by atoms with Crippen LogP contribution in [0.15, 0.2) is 23.1 Å². The Hall–Kier alpha value is -0.950. The maximum absolute atomic E-state index is 12.3. The molecule has 0 saturated heterocycles. The Bertz CT molecular complexity index is 571. The molecule has 2 rings (SSSR count). The van der Waals surface area contributed by atoms with Gasteiger partial charge in [0.15, 0.2) is 0 Å². The Morgan fingerprint density at radius 3 is 2.75 bits per heavy atom. The first-order valence-electron chi connectivity index (χ1n) is 6.72. The first-order chi connectivity index (χ1) is 9.46. The van der Waals surface area contributed by atoms with E-state index >= 15 is 0 Å². The van der Waals surface area contributed by atoms with Crippen LogP contribution in [0.3, 0.4) is 0 Å². The highest BCUT2D eigenvalue weighted by Crippen LogP contribution is 2.24. The molecular formula is C14H21NO4S. The van der Waals surface area contributed by atoms with Gasteiger partial charge in [0.1, 0.15) is 0 Å². The zero-order valence-corrected chi connectivity index (χ0v) is 12.6. The van der Waals surface area contributed by atoms with E-state index in [1.54, 1.807) is 19.2 Å². The molecule has 112 valence electrons. The van der Waals surface area contributed by atoms with E-state index in [2.05, 4.69) is 4.72 Å². The maximum atomic E-state index is 12.3. The number of hydrogen-bond donors (Lipinski definition) is 2. The summed E-state index contributed by atoms with van der Waals surface area (Å²) in [5.74, 6) is 0. The summed E-state index contributed by atoms with van der Waals surface area (Å²) in [6.07, 6.45) is 2.50. The van der Waals surface area contributed by atoms with Crippen LogP contribution in [0.5, 0.6) is 0 Å². The molecule has 0 aliphatic heterocycles. The number of benzene rings is 1. The minimum Gasteiger partial charge on any atom is -0.392 e. The molecule has 0 spiro atoms. The predicted octanol–water partition coefficient (Wildman–Crippen LogP) is 1.33. The molecular weight excluding hydrogens is 278 g/mol. The van der Waals surface area contributed by atoms with Crippen molar-refractivity contribution >= 4 is 10.0 Å². The maximum Gasteiger partial charge on any atom is 0.240 e. The number of sulfonamides is 1. The van der Waals surface area contributed by atoms with Crippen LogP contribution < -0.4 is 4.72 Å². The average Bonchev–Trinajstić information content (AvgIpc) is 2.86. The van der Waals surface area contributed by atoms with Crippen LogP contribution in [-0.4, -0.2) is 32.8 Å². The second kappa shape index (κ2) is 6.22. The van der Waals surface area contributed by atoms with E-state index in [-0.39, 0.29) is 23.6 Å². The fourth-order valence-corrected chi connectivity index (χ4v) is 3.87. The van der Waals surface area contributed by atoms with Crippen LogP contribution in [0.4, 0.5) is 0 Å². The third kappa shape index (κ3) is 3.38. The van der Waals surface area contributed by atoms with E-state index in [9.17, 15) is 13.5 Å². The largest absolute Gasteiger partial charge is 0.392 e. The van der Waals surface area contributed by atoms with Crippen molar-refractivity contribution in [3.05, 3.63) is 29.3 Å². The number of ether oxygens (including phenoxy) is 1. The summed E-state index contributed by atoms with van der Waals surface area (Å²) in [7, 11) is -1.89. The molecule has 20 heavy (non-hydrogen) atoms. The molecule has 1 aliphatic rings. The van der Waals surface area contributed by atoms with Crippen molar-refractivity contribution in [2.24, 2.45) is 0 Å². The number of rotatable bonds is 5. The SMILES string of the molecule is COC1CCC(NS(=O)(=O)c2ccc(C)c(CO)c2)C1. The molecule has 1 aliphatic carbocycles. The van der Waals surface area contributed by atoms with Crippen molar-refractivity contribution in [3.63, 3.8) is 0 Å². The van der Waals surface area contributed by atoms with Gasteiger partial charge in [-0.1, -0.05) is 6.07 Å². The van der Waals surface area contributed by atoms with Gasteiger partial charge in [0.05, 0.1) is 17.6 Å². The highest BCUT2D eigenvalue weighted by Gasteiger charge is 2.28. The fraction of sp³-hybridized carbons (Fsp3) is 0.571. The first kappa shape index (κ1) is 15.4. The minimum absolute atomic E-state index is 0.0798. The smallest absolute Gasteiger partial charge is 0.240 e. The van der Waals surface area contributed by atoms with Gasteiger partial charge in [0.2, 0.25) is 10.0 Å². The summed E-state index contributed by atoms with van der Waals surface area (Å²) in [6.45, 7) is 1.68. The lowest BCUT2D eigenvalue weighted by Gasteiger charge is -2.14. The number of aliphatic hydroxyl groups excluding tert-OH is 1. The Morgan fingerprint density at radius 1 is 1.40 bits per heavy atom. The van der Waals surface area contributed by atoms with E-state index in [0.29, 0.717) is 12.0 Å². The number of nitrogens with one attached hydrogen (secondary N) is 1. The highest BCUT2D eigenvalue weighted by atomic mass is 32.2. The van der Waals surface area contributed by atoms with E-state index in [4.69, 9.17) is 4.74 Å². The molecule has 0 aromatic heterocycles. The van der Waals surface area contributed by atoms with E-state index in [1.807, 2.05) is 6.92 Å². The van der Waals surface area contributed by atoms with Gasteiger partial charge in [-0.3, -0.25) is 0 Å². The summed E-state index contributed by atoms with van der Waals surface area (Å²) in [4.78, 5) is 0.202. The van der Waals surface area contributed by atoms with Crippen LogP contribution in [0, 0.1) is 6.92 Å². The fourth-order valence-electron chi connectivity index (χ4n) is 2.53. The van der Waals surface area contributed by atoms with Gasteiger partial charge in [-0.15, -0.1) is 0 Å². The zero-order valence-electron chi connectivity index (χ0n) is 11.8. The number of aliphatic hydroxyl groups is 1. The average molecular weight is 299 g/mol. The Balaban J connectivity index is 2.14. The van der Waals surface area contributed by atoms with Crippen molar-refractivity contribution in [1.29, 1.82) is 0 Å². The van der Waals surface area contributed by atoms with Crippen LogP contribution in [0.25, 0.3) is 0 Å². The number of aryl methyl sites for hydroxylation is 1. The normalized spacial score (nSPS) is 23.1. The van der Waals surface area contributed by atoms with Gasteiger partial charge in [0.25, 0.3) is 0 Å². The lowest BCUT2D eigenvalue weighted by molar-refractivity contribution is 0.107. The molecule has 1 fully saturated rings. The standard InChI is InChI=1S/C14H21NO4S/c1-10-3-6-14(7-11(10)9-16)20(17,18)15-12-4-5-13(8-12)19-2/h3,6-7,12-13,15-16H,4-5,8-9H2,1-2H3. The van der Waals surface area contributed by atoms with Gasteiger partial charge in [0, 0.05) is 13.2 Å². The van der Waals surface area contributed by atoms with Gasteiger partial charge < -0.3 is 9.84 Å². The third-order valence-electron chi connectivity index (χ3n) is 3.84. The van der Waals surface area contributed by atoms with Gasteiger partial charge in [-0.05, 0) is 49.4 Å². The van der Waals surface area contributed by atoms with E-state index in [1.165, 1.54) is 6.07 Å². The second-order valence-corrected chi connectivity index (χ2v) is 6.95. The molecule has 1 aromatic carbocycles. The Morgan fingerprint density at radius 2 is 2.15 bits per heavy atom. The van der Waals surface area contributed by atoms with Gasteiger partial charge >= 0.3 is 0 Å². The summed E-state index contributed by atoms with van der Waals surface area (Å²) in [5, 5.41) is 9.23. The zero-order chi connectivity index (χ0) is 14.8. The van der Waals surface area contributed by atoms with Crippen molar-refractivity contribution in [2.75, 3.05) is 7.11 Å². The topological polar surface area (TPSA) is 75.6 Å². The monoisotopic (exact) mass is 299 g/mol. The number of methoxy groups -OCH3 is 1. The van der Waals surface area contributed by atoms with Crippen molar-refractivity contribution in [1.82, 2.24) is 4.72 Å². The first-order valence-corrected chi connectivity index (χ1v) is 8.20. The molecule has 2 N–H and O–H groups in total. The lowest BCUT2D eigenvalue weighted by atomic mass is 10.1. The van der Waals surface area contributed by atoms with E-state index < -0.39 is 10.0 Å².